The van der Waals surface area contributed by atoms with Crippen LogP contribution in [-0.4, -0.2) is 8.42 Å². The number of nitrogens with zero attached hydrogens (tertiary/aromatic N) is 1. The third-order valence-corrected chi connectivity index (χ3v) is 4.24. The third kappa shape index (κ3) is 3.05. The molecule has 6 heteroatoms. The van der Waals surface area contributed by atoms with Crippen LogP contribution in [0.3, 0.4) is 0 Å². The van der Waals surface area contributed by atoms with Gasteiger partial charge in [0.05, 0.1) is 16.7 Å². The number of rotatable bonds is 3. The van der Waals surface area contributed by atoms with Crippen LogP contribution < -0.4 is 4.72 Å². The van der Waals surface area contributed by atoms with Gasteiger partial charge in [-0.1, -0.05) is 29.8 Å². The average molecular weight is 293 g/mol. The summed E-state index contributed by atoms with van der Waals surface area (Å²) in [7, 11) is -3.81. The molecule has 4 nitrogen and oxygen atoms in total. The molecular formula is C13H9ClN2O2S. The van der Waals surface area contributed by atoms with E-state index in [1.807, 2.05) is 6.07 Å². The third-order valence-electron chi connectivity index (χ3n) is 2.38. The zero-order valence-electron chi connectivity index (χ0n) is 9.67. The Morgan fingerprint density at radius 1 is 1.11 bits per heavy atom. The zero-order valence-corrected chi connectivity index (χ0v) is 11.2. The molecular weight excluding hydrogens is 284 g/mol. The first kappa shape index (κ1) is 13.4. The minimum Gasteiger partial charge on any atom is -0.280 e. The van der Waals surface area contributed by atoms with Crippen molar-refractivity contribution in [2.75, 3.05) is 4.72 Å². The Kier molecular flexibility index (Phi) is 3.74. The average Bonchev–Trinajstić information content (AvgIpc) is 2.39. The van der Waals surface area contributed by atoms with Crippen LogP contribution >= 0.6 is 11.6 Å². The Labute approximate surface area is 116 Å². The van der Waals surface area contributed by atoms with E-state index in [-0.39, 0.29) is 15.5 Å². The molecule has 2 aromatic carbocycles. The summed E-state index contributed by atoms with van der Waals surface area (Å²) in [5.74, 6) is 0. The molecule has 0 radical (unpaired) electrons. The lowest BCUT2D eigenvalue weighted by Crippen LogP contribution is -2.13. The molecule has 0 heterocycles. The fraction of sp³-hybridized carbons (Fsp3) is 0. The van der Waals surface area contributed by atoms with Crippen LogP contribution in [0.2, 0.25) is 5.02 Å². The first-order valence-electron chi connectivity index (χ1n) is 5.30. The normalized spacial score (nSPS) is 10.7. The lowest BCUT2D eigenvalue weighted by atomic mass is 10.2. The summed E-state index contributed by atoms with van der Waals surface area (Å²) >= 11 is 5.88. The highest BCUT2D eigenvalue weighted by Gasteiger charge is 2.18. The first-order chi connectivity index (χ1) is 9.03. The highest BCUT2D eigenvalue weighted by atomic mass is 35.5. The molecule has 1 N–H and O–H groups in total. The molecule has 0 amide bonds. The van der Waals surface area contributed by atoms with Crippen LogP contribution in [0.4, 0.5) is 5.69 Å². The Bertz CT molecular complexity index is 737. The van der Waals surface area contributed by atoms with Crippen molar-refractivity contribution in [1.29, 1.82) is 5.26 Å². The van der Waals surface area contributed by atoms with Crippen molar-refractivity contribution in [3.05, 3.63) is 59.1 Å². The molecule has 0 aromatic heterocycles. The molecule has 0 aliphatic heterocycles. The van der Waals surface area contributed by atoms with Gasteiger partial charge in [0.2, 0.25) is 0 Å². The lowest BCUT2D eigenvalue weighted by Gasteiger charge is -2.09. The van der Waals surface area contributed by atoms with Crippen molar-refractivity contribution in [2.45, 2.75) is 4.90 Å². The van der Waals surface area contributed by atoms with E-state index in [0.29, 0.717) is 5.69 Å². The number of anilines is 1. The molecule has 0 aliphatic rings. The summed E-state index contributed by atoms with van der Waals surface area (Å²) < 4.78 is 26.8. The monoisotopic (exact) mass is 292 g/mol. The molecule has 0 fully saturated rings. The molecule has 0 unspecified atom stereocenters. The van der Waals surface area contributed by atoms with E-state index >= 15 is 0 Å². The molecule has 19 heavy (non-hydrogen) atoms. The maximum atomic E-state index is 12.2. The quantitative estimate of drug-likeness (QED) is 0.945. The molecule has 0 saturated carbocycles. The van der Waals surface area contributed by atoms with Crippen molar-refractivity contribution in [2.24, 2.45) is 0 Å². The topological polar surface area (TPSA) is 70.0 Å². The molecule has 0 saturated heterocycles. The number of hydrogen-bond acceptors (Lipinski definition) is 3. The van der Waals surface area contributed by atoms with E-state index < -0.39 is 10.0 Å². The summed E-state index contributed by atoms with van der Waals surface area (Å²) in [4.78, 5) is -0.114. The minimum atomic E-state index is -3.81. The number of benzene rings is 2. The number of nitriles is 1. The van der Waals surface area contributed by atoms with E-state index in [1.54, 1.807) is 30.3 Å². The standard InChI is InChI=1S/C13H9ClN2O2S/c14-12-7-6-10(9-15)8-13(12)19(17,18)16-11-4-2-1-3-5-11/h1-8,16H. The van der Waals surface area contributed by atoms with Crippen molar-refractivity contribution in [1.82, 2.24) is 0 Å². The second-order valence-electron chi connectivity index (χ2n) is 3.73. The lowest BCUT2D eigenvalue weighted by molar-refractivity contribution is 0.601. The maximum absolute atomic E-state index is 12.2. The number of halogens is 1. The predicted octanol–water partition coefficient (Wildman–Crippen LogP) is 3.01. The van der Waals surface area contributed by atoms with Gasteiger partial charge in [0.25, 0.3) is 10.0 Å². The van der Waals surface area contributed by atoms with Gasteiger partial charge >= 0.3 is 0 Å². The van der Waals surface area contributed by atoms with Gasteiger partial charge in [-0.3, -0.25) is 4.72 Å². The minimum absolute atomic E-state index is 0.0717. The Hall–Kier alpha value is -2.03. The molecule has 0 aliphatic carbocycles. The summed E-state index contributed by atoms with van der Waals surface area (Å²) in [6, 6.07) is 14.4. The molecule has 0 bridgehead atoms. The second kappa shape index (κ2) is 5.31. The summed E-state index contributed by atoms with van der Waals surface area (Å²) in [5.41, 5.74) is 0.666. The first-order valence-corrected chi connectivity index (χ1v) is 7.16. The molecule has 96 valence electrons. The van der Waals surface area contributed by atoms with Gasteiger partial charge in [0.15, 0.2) is 0 Å². The van der Waals surface area contributed by atoms with Gasteiger partial charge in [-0.05, 0) is 30.3 Å². The van der Waals surface area contributed by atoms with Gasteiger partial charge in [0, 0.05) is 5.69 Å². The van der Waals surface area contributed by atoms with Crippen molar-refractivity contribution in [3.8, 4) is 6.07 Å². The van der Waals surface area contributed by atoms with Gasteiger partial charge in [0.1, 0.15) is 4.90 Å². The number of nitrogens with one attached hydrogen (secondary N) is 1. The SMILES string of the molecule is N#Cc1ccc(Cl)c(S(=O)(=O)Nc2ccccc2)c1. The van der Waals surface area contributed by atoms with Crippen molar-refractivity contribution >= 4 is 27.3 Å². The van der Waals surface area contributed by atoms with Gasteiger partial charge in [-0.25, -0.2) is 8.42 Å². The highest BCUT2D eigenvalue weighted by molar-refractivity contribution is 7.92. The van der Waals surface area contributed by atoms with Crippen LogP contribution in [0.1, 0.15) is 5.56 Å². The van der Waals surface area contributed by atoms with E-state index in [9.17, 15) is 8.42 Å². The second-order valence-corrected chi connectivity index (χ2v) is 5.79. The fourth-order valence-corrected chi connectivity index (χ4v) is 3.08. The zero-order chi connectivity index (χ0) is 13.9. The van der Waals surface area contributed by atoms with E-state index in [2.05, 4.69) is 4.72 Å². The predicted molar refractivity (Wildman–Crippen MR) is 73.4 cm³/mol. The molecule has 0 spiro atoms. The summed E-state index contributed by atoms with van der Waals surface area (Å²) in [6.07, 6.45) is 0. The number of hydrogen-bond donors (Lipinski definition) is 1. The molecule has 2 aromatic rings. The van der Waals surface area contributed by atoms with Gasteiger partial charge < -0.3 is 0 Å². The van der Waals surface area contributed by atoms with Crippen molar-refractivity contribution < 1.29 is 8.42 Å². The number of sulfonamides is 1. The largest absolute Gasteiger partial charge is 0.280 e. The van der Waals surface area contributed by atoms with Crippen molar-refractivity contribution in [3.63, 3.8) is 0 Å². The van der Waals surface area contributed by atoms with Gasteiger partial charge in [-0.15, -0.1) is 0 Å². The Morgan fingerprint density at radius 3 is 2.42 bits per heavy atom. The van der Waals surface area contributed by atoms with E-state index in [0.717, 1.165) is 0 Å². The van der Waals surface area contributed by atoms with Crippen LogP contribution in [0.5, 0.6) is 0 Å². The number of para-hydroxylation sites is 1. The van der Waals surface area contributed by atoms with Crippen LogP contribution in [0.15, 0.2) is 53.4 Å². The van der Waals surface area contributed by atoms with Crippen LogP contribution in [0.25, 0.3) is 0 Å². The maximum Gasteiger partial charge on any atom is 0.263 e. The molecule has 2 rings (SSSR count). The Balaban J connectivity index is 2.43. The van der Waals surface area contributed by atoms with Crippen LogP contribution in [0, 0.1) is 11.3 Å². The molecule has 0 atom stereocenters. The van der Waals surface area contributed by atoms with E-state index in [4.69, 9.17) is 16.9 Å². The summed E-state index contributed by atoms with van der Waals surface area (Å²) in [6.45, 7) is 0. The summed E-state index contributed by atoms with van der Waals surface area (Å²) in [5, 5.41) is 8.87. The smallest absolute Gasteiger partial charge is 0.263 e. The van der Waals surface area contributed by atoms with Crippen LogP contribution in [-0.2, 0) is 10.0 Å². The fourth-order valence-electron chi connectivity index (χ4n) is 1.50. The highest BCUT2D eigenvalue weighted by Crippen LogP contribution is 2.24. The Morgan fingerprint density at radius 2 is 1.79 bits per heavy atom. The van der Waals surface area contributed by atoms with E-state index in [1.165, 1.54) is 18.2 Å². The van der Waals surface area contributed by atoms with Gasteiger partial charge in [-0.2, -0.15) is 5.26 Å².